The Balaban J connectivity index is 3.44. The van der Waals surface area contributed by atoms with E-state index < -0.39 is 35.6 Å². The second-order valence-corrected chi connectivity index (χ2v) is 8.40. The summed E-state index contributed by atoms with van der Waals surface area (Å²) >= 11 is 0. The zero-order valence-corrected chi connectivity index (χ0v) is 19.2. The second-order valence-electron chi connectivity index (χ2n) is 8.40. The van der Waals surface area contributed by atoms with Crippen molar-refractivity contribution in [2.24, 2.45) is 17.8 Å². The van der Waals surface area contributed by atoms with Crippen LogP contribution in [-0.4, -0.2) is 62.0 Å². The number of carbonyl (C=O) groups excluding carboxylic acids is 4. The molecule has 0 aromatic carbocycles. The van der Waals surface area contributed by atoms with E-state index in [9.17, 15) is 19.2 Å². The van der Waals surface area contributed by atoms with Gasteiger partial charge in [-0.15, -0.1) is 0 Å². The monoisotopic (exact) mass is 427 g/mol. The number of amides is 1. The number of carbonyl (C=O) groups is 4. The topological polar surface area (TPSA) is 108 Å². The van der Waals surface area contributed by atoms with E-state index in [1.165, 1.54) is 14.0 Å². The molecule has 1 saturated heterocycles. The normalized spacial score (nSPS) is 37.2. The summed E-state index contributed by atoms with van der Waals surface area (Å²) in [6, 6.07) is -0.734. The molecular formula is C22H37NO7. The fourth-order valence-corrected chi connectivity index (χ4v) is 4.29. The first kappa shape index (κ1) is 26.2. The van der Waals surface area contributed by atoms with Gasteiger partial charge in [0.15, 0.2) is 0 Å². The van der Waals surface area contributed by atoms with Crippen molar-refractivity contribution in [1.29, 1.82) is 0 Å². The second kappa shape index (κ2) is 11.6. The zero-order valence-electron chi connectivity index (χ0n) is 19.2. The van der Waals surface area contributed by atoms with Gasteiger partial charge in [-0.3, -0.25) is 19.2 Å². The number of methoxy groups -OCH3 is 2. The number of Topliss-reactive ketones (excluding diaryl/α,β-unsaturated/α-hetero) is 2. The van der Waals surface area contributed by atoms with E-state index in [0.717, 1.165) is 0 Å². The molecule has 8 heteroatoms. The first-order chi connectivity index (χ1) is 14.1. The Morgan fingerprint density at radius 2 is 1.83 bits per heavy atom. The fraction of sp³-hybridized carbons (Fsp3) is 0.818. The van der Waals surface area contributed by atoms with E-state index in [0.29, 0.717) is 25.7 Å². The molecule has 0 aromatic heterocycles. The van der Waals surface area contributed by atoms with E-state index >= 15 is 0 Å². The minimum Gasteiger partial charge on any atom is -0.459 e. The number of cyclic esters (lactones) is 1. The maximum atomic E-state index is 13.2. The smallest absolute Gasteiger partial charge is 0.316 e. The third-order valence-corrected chi connectivity index (χ3v) is 6.51. The van der Waals surface area contributed by atoms with E-state index in [1.54, 1.807) is 21.0 Å². The van der Waals surface area contributed by atoms with E-state index in [1.807, 2.05) is 13.8 Å². The molecule has 0 unspecified atom stereocenters. The van der Waals surface area contributed by atoms with Crippen molar-refractivity contribution in [2.75, 3.05) is 14.2 Å². The molecule has 7 atom stereocenters. The van der Waals surface area contributed by atoms with Crippen LogP contribution in [0.15, 0.2) is 0 Å². The van der Waals surface area contributed by atoms with E-state index in [-0.39, 0.29) is 30.0 Å². The quantitative estimate of drug-likeness (QED) is 0.406. The Morgan fingerprint density at radius 1 is 1.20 bits per heavy atom. The van der Waals surface area contributed by atoms with Crippen LogP contribution in [-0.2, 0) is 33.4 Å². The highest BCUT2D eigenvalue weighted by Gasteiger charge is 2.48. The molecule has 1 N–H and O–H groups in total. The summed E-state index contributed by atoms with van der Waals surface area (Å²) < 4.78 is 16.9. The first-order valence-electron chi connectivity index (χ1n) is 10.6. The summed E-state index contributed by atoms with van der Waals surface area (Å²) in [5, 5.41) is 2.72. The lowest BCUT2D eigenvalue weighted by molar-refractivity contribution is -0.180. The predicted octanol–water partition coefficient (Wildman–Crippen LogP) is 2.07. The minimum atomic E-state index is -1.17. The highest BCUT2D eigenvalue weighted by Crippen LogP contribution is 2.32. The Morgan fingerprint density at radius 3 is 2.33 bits per heavy atom. The predicted molar refractivity (Wildman–Crippen MR) is 111 cm³/mol. The summed E-state index contributed by atoms with van der Waals surface area (Å²) in [4.78, 5) is 49.8. The molecule has 0 spiro atoms. The van der Waals surface area contributed by atoms with Crippen molar-refractivity contribution in [3.63, 3.8) is 0 Å². The number of ether oxygens (including phenoxy) is 3. The largest absolute Gasteiger partial charge is 0.459 e. The van der Waals surface area contributed by atoms with Crippen molar-refractivity contribution in [3.05, 3.63) is 0 Å². The summed E-state index contributed by atoms with van der Waals surface area (Å²) in [6.07, 6.45) is 0.888. The van der Waals surface area contributed by atoms with Gasteiger partial charge in [0, 0.05) is 32.5 Å². The van der Waals surface area contributed by atoms with Crippen molar-refractivity contribution in [2.45, 2.75) is 84.2 Å². The molecule has 1 amide bonds. The molecule has 0 saturated carbocycles. The van der Waals surface area contributed by atoms with Gasteiger partial charge in [-0.1, -0.05) is 20.8 Å². The van der Waals surface area contributed by atoms with Gasteiger partial charge < -0.3 is 19.5 Å². The average molecular weight is 428 g/mol. The Labute approximate surface area is 179 Å². The van der Waals surface area contributed by atoms with Gasteiger partial charge in [-0.25, -0.2) is 0 Å². The van der Waals surface area contributed by atoms with Crippen molar-refractivity contribution in [1.82, 2.24) is 5.32 Å². The van der Waals surface area contributed by atoms with Crippen LogP contribution < -0.4 is 5.32 Å². The summed E-state index contributed by atoms with van der Waals surface area (Å²) in [5.74, 6) is -2.80. The first-order valence-corrected chi connectivity index (χ1v) is 10.6. The zero-order chi connectivity index (χ0) is 23.1. The molecule has 0 aromatic rings. The lowest BCUT2D eigenvalue weighted by Crippen LogP contribution is -2.62. The molecule has 1 fully saturated rings. The van der Waals surface area contributed by atoms with Gasteiger partial charge in [-0.2, -0.15) is 0 Å². The number of hydrogen-bond donors (Lipinski definition) is 1. The van der Waals surface area contributed by atoms with Gasteiger partial charge in [0.2, 0.25) is 6.41 Å². The Kier molecular flexibility index (Phi) is 10.1. The van der Waals surface area contributed by atoms with E-state index in [4.69, 9.17) is 14.2 Å². The van der Waals surface area contributed by atoms with Crippen LogP contribution >= 0.6 is 0 Å². The SMILES string of the molecule is CC[C@H]1OC(=O)[C@H](C)C(=O)CC[C@H](OC)C[C@@H](C)C(=O)[C@H](C)[C@@H](NC=O)[C@]1(C)OC. The molecule has 30 heavy (non-hydrogen) atoms. The number of esters is 1. The molecular weight excluding hydrogens is 390 g/mol. The number of rotatable bonds is 5. The van der Waals surface area contributed by atoms with Crippen LogP contribution in [0.2, 0.25) is 0 Å². The van der Waals surface area contributed by atoms with Crippen LogP contribution in [0.1, 0.15) is 60.3 Å². The molecule has 0 radical (unpaired) electrons. The molecule has 1 heterocycles. The highest BCUT2D eigenvalue weighted by atomic mass is 16.6. The molecule has 1 rings (SSSR count). The molecule has 1 aliphatic rings. The Bertz CT molecular complexity index is 623. The molecule has 8 nitrogen and oxygen atoms in total. The third-order valence-electron chi connectivity index (χ3n) is 6.51. The van der Waals surface area contributed by atoms with Gasteiger partial charge >= 0.3 is 5.97 Å². The summed E-state index contributed by atoms with van der Waals surface area (Å²) in [6.45, 7) is 8.62. The van der Waals surface area contributed by atoms with Crippen LogP contribution in [0, 0.1) is 17.8 Å². The third kappa shape index (κ3) is 5.88. The standard InChI is InChI=1S/C22H37NO7/c1-8-18-22(5,29-7)20(23-12-24)15(4)19(26)13(2)11-16(28-6)9-10-17(25)14(3)21(27)30-18/h12-16,18,20H,8-11H2,1-7H3,(H,23,24)/t13-,14-,15+,16+,18-,20-,22-/m1/s1. The minimum absolute atomic E-state index is 0.0578. The number of ketones is 2. The number of hydrogen-bond acceptors (Lipinski definition) is 7. The van der Waals surface area contributed by atoms with Gasteiger partial charge in [0.05, 0.1) is 12.1 Å². The van der Waals surface area contributed by atoms with Crippen LogP contribution in [0.3, 0.4) is 0 Å². The molecule has 0 aliphatic carbocycles. The van der Waals surface area contributed by atoms with Crippen LogP contribution in [0.5, 0.6) is 0 Å². The van der Waals surface area contributed by atoms with E-state index in [2.05, 4.69) is 5.32 Å². The van der Waals surface area contributed by atoms with Gasteiger partial charge in [0.25, 0.3) is 0 Å². The molecule has 1 aliphatic heterocycles. The van der Waals surface area contributed by atoms with Crippen molar-refractivity contribution in [3.8, 4) is 0 Å². The Hall–Kier alpha value is -1.80. The maximum absolute atomic E-state index is 13.2. The summed E-state index contributed by atoms with van der Waals surface area (Å²) in [7, 11) is 3.00. The lowest BCUT2D eigenvalue weighted by atomic mass is 9.76. The van der Waals surface area contributed by atoms with Crippen molar-refractivity contribution < 1.29 is 33.4 Å². The maximum Gasteiger partial charge on any atom is 0.316 e. The highest BCUT2D eigenvalue weighted by molar-refractivity contribution is 5.98. The van der Waals surface area contributed by atoms with Gasteiger partial charge in [0.1, 0.15) is 29.2 Å². The fourth-order valence-electron chi connectivity index (χ4n) is 4.29. The summed E-state index contributed by atoms with van der Waals surface area (Å²) in [5.41, 5.74) is -1.17. The number of nitrogens with one attached hydrogen (secondary N) is 1. The van der Waals surface area contributed by atoms with Crippen molar-refractivity contribution >= 4 is 23.9 Å². The van der Waals surface area contributed by atoms with Crippen LogP contribution in [0.4, 0.5) is 0 Å². The molecule has 172 valence electrons. The average Bonchev–Trinajstić information content (AvgIpc) is 2.75. The van der Waals surface area contributed by atoms with Gasteiger partial charge in [-0.05, 0) is 33.1 Å². The molecule has 0 bridgehead atoms. The lowest BCUT2D eigenvalue weighted by Gasteiger charge is -2.44. The van der Waals surface area contributed by atoms with Crippen LogP contribution in [0.25, 0.3) is 0 Å².